The van der Waals surface area contributed by atoms with Crippen LogP contribution in [0.2, 0.25) is 0 Å². The van der Waals surface area contributed by atoms with E-state index in [0.29, 0.717) is 22.7 Å². The van der Waals surface area contributed by atoms with Gasteiger partial charge in [-0.2, -0.15) is 0 Å². The van der Waals surface area contributed by atoms with Gasteiger partial charge in [-0.1, -0.05) is 23.4 Å². The molecule has 0 aliphatic rings. The van der Waals surface area contributed by atoms with E-state index in [1.807, 2.05) is 32.0 Å². The van der Waals surface area contributed by atoms with E-state index in [-0.39, 0.29) is 29.7 Å². The smallest absolute Gasteiger partial charge is 0.338 e. The molecule has 0 saturated heterocycles. The molecule has 2 aromatic carbocycles. The Hall–Kier alpha value is -4.14. The molecule has 3 aromatic rings. The van der Waals surface area contributed by atoms with Crippen molar-refractivity contribution in [3.63, 3.8) is 0 Å². The maximum absolute atomic E-state index is 12.2. The molecule has 166 valence electrons. The van der Waals surface area contributed by atoms with E-state index in [1.165, 1.54) is 20.1 Å². The minimum atomic E-state index is -0.536. The molecular weight excluding hydrogens is 414 g/mol. The maximum Gasteiger partial charge on any atom is 0.338 e. The normalized spacial score (nSPS) is 10.9. The summed E-state index contributed by atoms with van der Waals surface area (Å²) >= 11 is 0. The maximum atomic E-state index is 12.2. The summed E-state index contributed by atoms with van der Waals surface area (Å²) in [4.78, 5) is 22.8. The molecule has 0 spiro atoms. The lowest BCUT2D eigenvalue weighted by molar-refractivity contribution is -0.386. The number of anilines is 1. The molecule has 9 heteroatoms. The number of carbonyl (C=O) groups excluding carboxylic acids is 1. The predicted molar refractivity (Wildman–Crippen MR) is 120 cm³/mol. The summed E-state index contributed by atoms with van der Waals surface area (Å²) in [5.41, 5.74) is 3.65. The van der Waals surface area contributed by atoms with Crippen molar-refractivity contribution in [1.82, 2.24) is 5.16 Å². The minimum absolute atomic E-state index is 0.0507. The van der Waals surface area contributed by atoms with Gasteiger partial charge in [0.05, 0.1) is 12.0 Å². The van der Waals surface area contributed by atoms with Gasteiger partial charge in [-0.3, -0.25) is 14.9 Å². The number of hydrogen-bond donors (Lipinski definition) is 1. The van der Waals surface area contributed by atoms with Crippen LogP contribution in [0, 0.1) is 30.9 Å². The van der Waals surface area contributed by atoms with Gasteiger partial charge in [0, 0.05) is 5.69 Å². The standard InChI is InChI=1S/C23H23N3O6/c1-14-5-8-18(11-15(14)2)24-22(27)13-31-19-9-6-17(12-21(19)30-4)7-10-20-23(26(28)29)16(3)25-32-20/h5-12H,13H2,1-4H3,(H,24,27)/b10-7+. The third-order valence-corrected chi connectivity index (χ3v) is 4.80. The largest absolute Gasteiger partial charge is 0.493 e. The average Bonchev–Trinajstić information content (AvgIpc) is 3.14. The Kier molecular flexibility index (Phi) is 6.89. The van der Waals surface area contributed by atoms with Gasteiger partial charge in [-0.05, 0) is 67.8 Å². The molecule has 0 unspecified atom stereocenters. The van der Waals surface area contributed by atoms with Crippen LogP contribution in [-0.2, 0) is 4.79 Å². The molecule has 0 saturated carbocycles. The quantitative estimate of drug-likeness (QED) is 0.401. The van der Waals surface area contributed by atoms with Crippen LogP contribution in [-0.4, -0.2) is 29.7 Å². The van der Waals surface area contributed by atoms with Gasteiger partial charge in [0.1, 0.15) is 0 Å². The zero-order valence-electron chi connectivity index (χ0n) is 18.2. The number of rotatable bonds is 8. The summed E-state index contributed by atoms with van der Waals surface area (Å²) in [6.45, 7) is 5.29. The zero-order chi connectivity index (χ0) is 23.3. The molecule has 1 N–H and O–H groups in total. The van der Waals surface area contributed by atoms with Gasteiger partial charge in [-0.25, -0.2) is 0 Å². The number of aromatic nitrogens is 1. The van der Waals surface area contributed by atoms with Crippen molar-refractivity contribution in [3.05, 3.63) is 74.7 Å². The number of hydrogen-bond acceptors (Lipinski definition) is 7. The lowest BCUT2D eigenvalue weighted by Crippen LogP contribution is -2.20. The second kappa shape index (κ2) is 9.78. The van der Waals surface area contributed by atoms with Crippen molar-refractivity contribution in [3.8, 4) is 11.5 Å². The van der Waals surface area contributed by atoms with E-state index >= 15 is 0 Å². The molecule has 32 heavy (non-hydrogen) atoms. The van der Waals surface area contributed by atoms with Crippen LogP contribution < -0.4 is 14.8 Å². The second-order valence-corrected chi connectivity index (χ2v) is 7.12. The number of carbonyl (C=O) groups is 1. The molecule has 0 fully saturated rings. The Morgan fingerprint density at radius 2 is 1.91 bits per heavy atom. The lowest BCUT2D eigenvalue weighted by atomic mass is 10.1. The van der Waals surface area contributed by atoms with Crippen LogP contribution in [0.25, 0.3) is 12.2 Å². The van der Waals surface area contributed by atoms with Crippen molar-refractivity contribution in [2.24, 2.45) is 0 Å². The van der Waals surface area contributed by atoms with Gasteiger partial charge in [0.25, 0.3) is 5.91 Å². The highest BCUT2D eigenvalue weighted by molar-refractivity contribution is 5.92. The number of nitrogens with one attached hydrogen (secondary N) is 1. The molecule has 0 radical (unpaired) electrons. The van der Waals surface area contributed by atoms with Gasteiger partial charge in [0.2, 0.25) is 5.76 Å². The number of amides is 1. The van der Waals surface area contributed by atoms with Crippen LogP contribution in [0.15, 0.2) is 40.9 Å². The SMILES string of the molecule is COc1cc(/C=C/c2onc(C)c2[N+](=O)[O-])ccc1OCC(=O)Nc1ccc(C)c(C)c1. The zero-order valence-corrected chi connectivity index (χ0v) is 18.2. The molecule has 0 bridgehead atoms. The van der Waals surface area contributed by atoms with E-state index in [2.05, 4.69) is 10.5 Å². The molecule has 0 atom stereocenters. The van der Waals surface area contributed by atoms with Crippen molar-refractivity contribution in [2.75, 3.05) is 19.0 Å². The molecule has 1 aromatic heterocycles. The summed E-state index contributed by atoms with van der Waals surface area (Å²) in [6, 6.07) is 10.7. The molecule has 1 amide bonds. The first-order valence-corrected chi connectivity index (χ1v) is 9.75. The van der Waals surface area contributed by atoms with Crippen LogP contribution in [0.4, 0.5) is 11.4 Å². The predicted octanol–water partition coefficient (Wildman–Crippen LogP) is 4.70. The first-order chi connectivity index (χ1) is 15.3. The second-order valence-electron chi connectivity index (χ2n) is 7.12. The van der Waals surface area contributed by atoms with Crippen LogP contribution in [0.3, 0.4) is 0 Å². The molecule has 9 nitrogen and oxygen atoms in total. The summed E-state index contributed by atoms with van der Waals surface area (Å²) in [5.74, 6) is 0.554. The molecule has 1 heterocycles. The fourth-order valence-corrected chi connectivity index (χ4v) is 2.95. The van der Waals surface area contributed by atoms with E-state index in [0.717, 1.165) is 11.1 Å². The highest BCUT2D eigenvalue weighted by atomic mass is 16.6. The highest BCUT2D eigenvalue weighted by Crippen LogP contribution is 2.30. The summed E-state index contributed by atoms with van der Waals surface area (Å²) < 4.78 is 16.0. The number of nitro groups is 1. The number of aryl methyl sites for hydroxylation is 3. The first kappa shape index (κ1) is 22.5. The minimum Gasteiger partial charge on any atom is -0.493 e. The average molecular weight is 437 g/mol. The number of nitrogens with zero attached hydrogens (tertiary/aromatic N) is 2. The number of benzene rings is 2. The summed E-state index contributed by atoms with van der Waals surface area (Å²) in [6.07, 6.45) is 3.09. The van der Waals surface area contributed by atoms with Crippen molar-refractivity contribution >= 4 is 29.4 Å². The third-order valence-electron chi connectivity index (χ3n) is 4.80. The number of methoxy groups -OCH3 is 1. The molecule has 0 aliphatic heterocycles. The van der Waals surface area contributed by atoms with Crippen LogP contribution in [0.1, 0.15) is 28.1 Å². The Labute approximate surface area is 184 Å². The number of ether oxygens (including phenoxy) is 2. The fraction of sp³-hybridized carbons (Fsp3) is 0.217. The summed E-state index contributed by atoms with van der Waals surface area (Å²) in [5, 5.41) is 17.6. The van der Waals surface area contributed by atoms with Gasteiger partial charge in [0.15, 0.2) is 23.8 Å². The van der Waals surface area contributed by atoms with E-state index in [4.69, 9.17) is 14.0 Å². The van der Waals surface area contributed by atoms with Crippen LogP contribution >= 0.6 is 0 Å². The third kappa shape index (κ3) is 5.31. The first-order valence-electron chi connectivity index (χ1n) is 9.75. The fourth-order valence-electron chi connectivity index (χ4n) is 2.95. The Bertz CT molecular complexity index is 1180. The molecular formula is C23H23N3O6. The van der Waals surface area contributed by atoms with Gasteiger partial charge < -0.3 is 19.3 Å². The Balaban J connectivity index is 1.67. The Morgan fingerprint density at radius 3 is 2.59 bits per heavy atom. The van der Waals surface area contributed by atoms with Crippen molar-refractivity contribution < 1.29 is 23.7 Å². The topological polar surface area (TPSA) is 117 Å². The van der Waals surface area contributed by atoms with E-state index in [9.17, 15) is 14.9 Å². The van der Waals surface area contributed by atoms with E-state index < -0.39 is 4.92 Å². The van der Waals surface area contributed by atoms with Crippen molar-refractivity contribution in [2.45, 2.75) is 20.8 Å². The Morgan fingerprint density at radius 1 is 1.12 bits per heavy atom. The summed E-state index contributed by atoms with van der Waals surface area (Å²) in [7, 11) is 1.48. The van der Waals surface area contributed by atoms with E-state index in [1.54, 1.807) is 24.3 Å². The lowest BCUT2D eigenvalue weighted by Gasteiger charge is -2.12. The van der Waals surface area contributed by atoms with Crippen LogP contribution in [0.5, 0.6) is 11.5 Å². The molecule has 0 aliphatic carbocycles. The van der Waals surface area contributed by atoms with Gasteiger partial charge in [-0.15, -0.1) is 0 Å². The molecule has 3 rings (SSSR count). The van der Waals surface area contributed by atoms with Crippen molar-refractivity contribution in [1.29, 1.82) is 0 Å². The van der Waals surface area contributed by atoms with Gasteiger partial charge >= 0.3 is 5.69 Å². The monoisotopic (exact) mass is 437 g/mol. The highest BCUT2D eigenvalue weighted by Gasteiger charge is 2.22.